The molecule has 0 N–H and O–H groups in total. The lowest BCUT2D eigenvalue weighted by Gasteiger charge is -2.10. The molecular weight excluding hydrogens is 312 g/mol. The summed E-state index contributed by atoms with van der Waals surface area (Å²) in [5, 5.41) is 10.7. The number of para-hydroxylation sites is 1. The molecule has 0 saturated heterocycles. The Morgan fingerprint density at radius 2 is 1.91 bits per heavy atom. The van der Waals surface area contributed by atoms with Crippen LogP contribution in [0.2, 0.25) is 5.02 Å². The fraction of sp³-hybridized carbons (Fsp3) is 0.250. The fourth-order valence-corrected chi connectivity index (χ4v) is 2.93. The predicted molar refractivity (Wildman–Crippen MR) is 88.8 cm³/mol. The Hall–Kier alpha value is -2.47. The second-order valence-corrected chi connectivity index (χ2v) is 5.98. The van der Waals surface area contributed by atoms with Crippen LogP contribution >= 0.6 is 11.6 Å². The molecule has 0 fully saturated rings. The number of hydrogen-bond acceptors (Lipinski definition) is 4. The quantitative estimate of drug-likeness (QED) is 0.566. The van der Waals surface area contributed by atoms with E-state index in [9.17, 15) is 0 Å². The first-order valence-electron chi connectivity index (χ1n) is 7.37. The first kappa shape index (κ1) is 14.1. The summed E-state index contributed by atoms with van der Waals surface area (Å²) >= 11 is 6.25. The van der Waals surface area contributed by atoms with E-state index in [-0.39, 0.29) is 6.04 Å². The summed E-state index contributed by atoms with van der Waals surface area (Å²) in [5.41, 5.74) is 3.43. The van der Waals surface area contributed by atoms with Crippen molar-refractivity contribution in [2.24, 2.45) is 0 Å². The van der Waals surface area contributed by atoms with Crippen molar-refractivity contribution in [3.63, 3.8) is 0 Å². The van der Waals surface area contributed by atoms with Crippen molar-refractivity contribution in [3.05, 3.63) is 52.8 Å². The maximum atomic E-state index is 6.25. The van der Waals surface area contributed by atoms with Crippen molar-refractivity contribution in [1.82, 2.24) is 29.4 Å². The molecule has 23 heavy (non-hydrogen) atoms. The summed E-state index contributed by atoms with van der Waals surface area (Å²) in [6.45, 7) is 5.86. The van der Waals surface area contributed by atoms with Gasteiger partial charge in [-0.2, -0.15) is 5.10 Å². The molecule has 1 atom stereocenters. The SMILES string of the molecule is Cc1nn([C@@H](C)c2nc3c4ccccc4ncn3n2)c(C)c1Cl. The van der Waals surface area contributed by atoms with E-state index in [4.69, 9.17) is 16.6 Å². The molecule has 0 aliphatic carbocycles. The van der Waals surface area contributed by atoms with Crippen LogP contribution in [0, 0.1) is 13.8 Å². The zero-order valence-corrected chi connectivity index (χ0v) is 13.8. The average Bonchev–Trinajstić information content (AvgIpc) is 3.11. The van der Waals surface area contributed by atoms with E-state index in [1.807, 2.05) is 49.7 Å². The van der Waals surface area contributed by atoms with Crippen LogP contribution in [-0.4, -0.2) is 29.4 Å². The van der Waals surface area contributed by atoms with E-state index >= 15 is 0 Å². The minimum atomic E-state index is -0.111. The Kier molecular flexibility index (Phi) is 3.09. The molecule has 6 nitrogen and oxygen atoms in total. The molecule has 0 spiro atoms. The summed E-state index contributed by atoms with van der Waals surface area (Å²) in [4.78, 5) is 9.11. The van der Waals surface area contributed by atoms with Gasteiger partial charge in [0.15, 0.2) is 11.5 Å². The van der Waals surface area contributed by atoms with Crippen molar-refractivity contribution in [1.29, 1.82) is 0 Å². The van der Waals surface area contributed by atoms with Gasteiger partial charge in [-0.3, -0.25) is 4.68 Å². The molecule has 0 radical (unpaired) electrons. The number of aryl methyl sites for hydroxylation is 1. The lowest BCUT2D eigenvalue weighted by molar-refractivity contribution is 0.520. The van der Waals surface area contributed by atoms with Crippen LogP contribution in [0.4, 0.5) is 0 Å². The Labute approximate surface area is 137 Å². The number of nitrogens with zero attached hydrogens (tertiary/aromatic N) is 6. The van der Waals surface area contributed by atoms with Crippen LogP contribution in [0.15, 0.2) is 30.6 Å². The van der Waals surface area contributed by atoms with Gasteiger partial charge in [0.1, 0.15) is 12.4 Å². The Morgan fingerprint density at radius 3 is 2.65 bits per heavy atom. The predicted octanol–water partition coefficient (Wildman–Crippen LogP) is 3.35. The molecule has 3 aromatic heterocycles. The highest BCUT2D eigenvalue weighted by Crippen LogP contribution is 2.25. The van der Waals surface area contributed by atoms with E-state index in [0.29, 0.717) is 10.8 Å². The van der Waals surface area contributed by atoms with E-state index in [0.717, 1.165) is 27.9 Å². The Balaban J connectivity index is 1.88. The zero-order chi connectivity index (χ0) is 16.1. The number of hydrogen-bond donors (Lipinski definition) is 0. The molecule has 0 amide bonds. The van der Waals surface area contributed by atoms with Crippen molar-refractivity contribution >= 4 is 28.2 Å². The third-order valence-electron chi connectivity index (χ3n) is 4.08. The standard InChI is InChI=1S/C16H15ClN6/c1-9-14(17)10(2)23(20-9)11(3)15-19-16-12-6-4-5-7-13(12)18-8-22(16)21-15/h4-8,11H,1-3H3/t11-/m0/s1. The van der Waals surface area contributed by atoms with Crippen molar-refractivity contribution in [3.8, 4) is 0 Å². The second-order valence-electron chi connectivity index (χ2n) is 5.61. The molecule has 0 bridgehead atoms. The molecule has 4 aromatic rings. The third-order valence-corrected chi connectivity index (χ3v) is 4.62. The second kappa shape index (κ2) is 5.03. The molecule has 1 aromatic carbocycles. The molecule has 0 unspecified atom stereocenters. The monoisotopic (exact) mass is 326 g/mol. The molecule has 0 aliphatic rings. The van der Waals surface area contributed by atoms with Gasteiger partial charge in [0.05, 0.1) is 21.9 Å². The van der Waals surface area contributed by atoms with Gasteiger partial charge in [0, 0.05) is 5.39 Å². The highest BCUT2D eigenvalue weighted by molar-refractivity contribution is 6.31. The zero-order valence-electron chi connectivity index (χ0n) is 13.0. The van der Waals surface area contributed by atoms with Crippen molar-refractivity contribution in [2.45, 2.75) is 26.8 Å². The van der Waals surface area contributed by atoms with Crippen LogP contribution in [0.3, 0.4) is 0 Å². The molecule has 116 valence electrons. The van der Waals surface area contributed by atoms with Gasteiger partial charge in [0.2, 0.25) is 0 Å². The number of halogens is 1. The summed E-state index contributed by atoms with van der Waals surface area (Å²) in [7, 11) is 0. The number of aromatic nitrogens is 6. The van der Waals surface area contributed by atoms with Crippen LogP contribution in [0.1, 0.15) is 30.2 Å². The van der Waals surface area contributed by atoms with E-state index in [1.54, 1.807) is 10.8 Å². The summed E-state index contributed by atoms with van der Waals surface area (Å²) in [5.74, 6) is 0.686. The Bertz CT molecular complexity index is 1030. The van der Waals surface area contributed by atoms with E-state index < -0.39 is 0 Å². The summed E-state index contributed by atoms with van der Waals surface area (Å²) < 4.78 is 3.57. The van der Waals surface area contributed by atoms with Gasteiger partial charge < -0.3 is 0 Å². The Morgan fingerprint density at radius 1 is 1.13 bits per heavy atom. The molecule has 4 rings (SSSR count). The number of rotatable bonds is 2. The van der Waals surface area contributed by atoms with Gasteiger partial charge in [-0.15, -0.1) is 5.10 Å². The molecule has 0 saturated carbocycles. The maximum Gasteiger partial charge on any atom is 0.176 e. The summed E-state index contributed by atoms with van der Waals surface area (Å²) in [6, 6.07) is 7.79. The lowest BCUT2D eigenvalue weighted by Crippen LogP contribution is -2.12. The minimum absolute atomic E-state index is 0.111. The van der Waals surface area contributed by atoms with Crippen molar-refractivity contribution in [2.75, 3.05) is 0 Å². The van der Waals surface area contributed by atoms with E-state index in [2.05, 4.69) is 15.2 Å². The number of fused-ring (bicyclic) bond motifs is 3. The normalized spacial score (nSPS) is 13.0. The van der Waals surface area contributed by atoms with Crippen LogP contribution in [-0.2, 0) is 0 Å². The molecule has 7 heteroatoms. The number of benzene rings is 1. The highest BCUT2D eigenvalue weighted by atomic mass is 35.5. The molecular formula is C16H15ClN6. The van der Waals surface area contributed by atoms with E-state index in [1.165, 1.54) is 0 Å². The lowest BCUT2D eigenvalue weighted by atomic mass is 10.2. The van der Waals surface area contributed by atoms with Gasteiger partial charge in [0.25, 0.3) is 0 Å². The fourth-order valence-electron chi connectivity index (χ4n) is 2.80. The minimum Gasteiger partial charge on any atom is -0.258 e. The van der Waals surface area contributed by atoms with Gasteiger partial charge >= 0.3 is 0 Å². The third kappa shape index (κ3) is 2.09. The summed E-state index contributed by atoms with van der Waals surface area (Å²) in [6.07, 6.45) is 1.69. The van der Waals surface area contributed by atoms with Gasteiger partial charge in [-0.05, 0) is 32.9 Å². The highest BCUT2D eigenvalue weighted by Gasteiger charge is 2.20. The topological polar surface area (TPSA) is 60.9 Å². The average molecular weight is 327 g/mol. The molecule has 3 heterocycles. The first-order chi connectivity index (χ1) is 11.1. The van der Waals surface area contributed by atoms with Gasteiger partial charge in [-0.1, -0.05) is 23.7 Å². The largest absolute Gasteiger partial charge is 0.258 e. The molecule has 0 aliphatic heterocycles. The maximum absolute atomic E-state index is 6.25. The van der Waals surface area contributed by atoms with Crippen LogP contribution < -0.4 is 0 Å². The van der Waals surface area contributed by atoms with Crippen LogP contribution in [0.5, 0.6) is 0 Å². The van der Waals surface area contributed by atoms with Crippen LogP contribution in [0.25, 0.3) is 16.6 Å². The smallest absolute Gasteiger partial charge is 0.176 e. The van der Waals surface area contributed by atoms with Crippen molar-refractivity contribution < 1.29 is 0 Å². The van der Waals surface area contributed by atoms with Gasteiger partial charge in [-0.25, -0.2) is 14.5 Å². The first-order valence-corrected chi connectivity index (χ1v) is 7.75.